The van der Waals surface area contributed by atoms with Crippen LogP contribution in [0.25, 0.3) is 10.8 Å². The van der Waals surface area contributed by atoms with Crippen molar-refractivity contribution in [2.75, 3.05) is 11.9 Å². The molecule has 3 N–H and O–H groups in total. The molecule has 0 aromatic heterocycles. The van der Waals surface area contributed by atoms with Gasteiger partial charge in [0.15, 0.2) is 0 Å². The normalized spacial score (nSPS) is 11.9. The van der Waals surface area contributed by atoms with Gasteiger partial charge >= 0.3 is 6.03 Å². The average Bonchev–Trinajstić information content (AvgIpc) is 2.60. The third kappa shape index (κ3) is 3.67. The molecule has 2 amide bonds. The van der Waals surface area contributed by atoms with Crippen LogP contribution >= 0.6 is 0 Å². The third-order valence-electron chi connectivity index (χ3n) is 3.70. The molecule has 0 radical (unpaired) electrons. The number of hydrogen-bond acceptors (Lipinski definition) is 2. The van der Waals surface area contributed by atoms with Gasteiger partial charge in [-0.15, -0.1) is 0 Å². The maximum Gasteiger partial charge on any atom is 0.319 e. The number of rotatable bonds is 4. The van der Waals surface area contributed by atoms with E-state index >= 15 is 0 Å². The first kappa shape index (κ1) is 15.1. The summed E-state index contributed by atoms with van der Waals surface area (Å²) in [5.41, 5.74) is 1.58. The fourth-order valence-corrected chi connectivity index (χ4v) is 2.51. The maximum atomic E-state index is 12.2. The summed E-state index contributed by atoms with van der Waals surface area (Å²) in [7, 11) is 0. The first-order chi connectivity index (χ1) is 11.3. The van der Waals surface area contributed by atoms with Crippen LogP contribution in [0.1, 0.15) is 11.6 Å². The molecule has 23 heavy (non-hydrogen) atoms. The van der Waals surface area contributed by atoms with Crippen LogP contribution in [0.3, 0.4) is 0 Å². The van der Waals surface area contributed by atoms with Crippen LogP contribution in [-0.2, 0) is 0 Å². The van der Waals surface area contributed by atoms with Gasteiger partial charge in [0.25, 0.3) is 0 Å². The molecule has 3 aromatic rings. The highest BCUT2D eigenvalue weighted by atomic mass is 16.3. The molecule has 0 spiro atoms. The van der Waals surface area contributed by atoms with Gasteiger partial charge in [-0.3, -0.25) is 0 Å². The van der Waals surface area contributed by atoms with Gasteiger partial charge in [-0.05, 0) is 28.5 Å². The summed E-state index contributed by atoms with van der Waals surface area (Å²) in [4.78, 5) is 12.2. The van der Waals surface area contributed by atoms with E-state index in [1.807, 2.05) is 72.8 Å². The van der Waals surface area contributed by atoms with Crippen LogP contribution in [0.5, 0.6) is 0 Å². The molecule has 116 valence electrons. The van der Waals surface area contributed by atoms with Gasteiger partial charge in [0, 0.05) is 5.69 Å². The molecule has 0 fully saturated rings. The lowest BCUT2D eigenvalue weighted by Gasteiger charge is -2.17. The average molecular weight is 306 g/mol. The Bertz CT molecular complexity index is 803. The summed E-state index contributed by atoms with van der Waals surface area (Å²) in [5.74, 6) is 0. The van der Waals surface area contributed by atoms with Gasteiger partial charge in [-0.1, -0.05) is 60.7 Å². The van der Waals surface area contributed by atoms with Crippen molar-refractivity contribution < 1.29 is 9.90 Å². The van der Waals surface area contributed by atoms with Crippen molar-refractivity contribution >= 4 is 22.5 Å². The largest absolute Gasteiger partial charge is 0.394 e. The van der Waals surface area contributed by atoms with E-state index < -0.39 is 6.04 Å². The second-order valence-corrected chi connectivity index (χ2v) is 5.31. The molecule has 4 nitrogen and oxygen atoms in total. The Balaban J connectivity index is 1.70. The van der Waals surface area contributed by atoms with Crippen LogP contribution in [0.15, 0.2) is 72.8 Å². The van der Waals surface area contributed by atoms with E-state index in [0.29, 0.717) is 5.69 Å². The van der Waals surface area contributed by atoms with E-state index in [9.17, 15) is 9.90 Å². The lowest BCUT2D eigenvalue weighted by atomic mass is 10.1. The number of carbonyl (C=O) groups is 1. The number of benzene rings is 3. The van der Waals surface area contributed by atoms with Crippen molar-refractivity contribution in [2.45, 2.75) is 6.04 Å². The molecular formula is C19H18N2O2. The summed E-state index contributed by atoms with van der Waals surface area (Å²) in [6.45, 7) is -0.158. The van der Waals surface area contributed by atoms with Crippen LogP contribution < -0.4 is 10.6 Å². The summed E-state index contributed by atoms with van der Waals surface area (Å²) in [6, 6.07) is 22.3. The summed E-state index contributed by atoms with van der Waals surface area (Å²) in [6.07, 6.45) is 0. The van der Waals surface area contributed by atoms with Crippen LogP contribution in [0.4, 0.5) is 10.5 Å². The second-order valence-electron chi connectivity index (χ2n) is 5.31. The van der Waals surface area contributed by atoms with Gasteiger partial charge in [-0.25, -0.2) is 4.79 Å². The Kier molecular flexibility index (Phi) is 4.54. The second kappa shape index (κ2) is 6.94. The van der Waals surface area contributed by atoms with Gasteiger partial charge in [-0.2, -0.15) is 0 Å². The molecule has 1 unspecified atom stereocenters. The molecule has 0 aliphatic heterocycles. The number of amides is 2. The molecule has 3 rings (SSSR count). The number of nitrogens with one attached hydrogen (secondary N) is 2. The lowest BCUT2D eigenvalue weighted by molar-refractivity contribution is 0.225. The molecule has 3 aromatic carbocycles. The highest BCUT2D eigenvalue weighted by molar-refractivity contribution is 5.93. The van der Waals surface area contributed by atoms with E-state index in [0.717, 1.165) is 16.3 Å². The topological polar surface area (TPSA) is 61.4 Å². The van der Waals surface area contributed by atoms with Crippen LogP contribution in [0, 0.1) is 0 Å². The predicted molar refractivity (Wildman–Crippen MR) is 92.4 cm³/mol. The van der Waals surface area contributed by atoms with Crippen molar-refractivity contribution in [3.05, 3.63) is 78.4 Å². The highest BCUT2D eigenvalue weighted by Crippen LogP contribution is 2.19. The molecule has 0 heterocycles. The van der Waals surface area contributed by atoms with Crippen molar-refractivity contribution in [1.82, 2.24) is 5.32 Å². The molecule has 0 bridgehead atoms. The number of aliphatic hydroxyl groups is 1. The Hall–Kier alpha value is -2.85. The SMILES string of the molecule is O=C(Nc1ccc2ccccc2c1)NC(CO)c1ccccc1. The minimum atomic E-state index is -0.434. The molecule has 0 aliphatic carbocycles. The minimum absolute atomic E-state index is 0.158. The number of carbonyl (C=O) groups excluding carboxylic acids is 1. The quantitative estimate of drug-likeness (QED) is 0.688. The van der Waals surface area contributed by atoms with Crippen molar-refractivity contribution in [3.63, 3.8) is 0 Å². The van der Waals surface area contributed by atoms with Crippen LogP contribution in [-0.4, -0.2) is 17.7 Å². The summed E-state index contributed by atoms with van der Waals surface area (Å²) >= 11 is 0. The third-order valence-corrected chi connectivity index (χ3v) is 3.70. The Labute approximate surface area is 134 Å². The smallest absolute Gasteiger partial charge is 0.319 e. The van der Waals surface area contributed by atoms with E-state index in [1.165, 1.54) is 0 Å². The zero-order valence-electron chi connectivity index (χ0n) is 12.6. The summed E-state index contributed by atoms with van der Waals surface area (Å²) < 4.78 is 0. The van der Waals surface area contributed by atoms with E-state index in [1.54, 1.807) is 0 Å². The molecule has 4 heteroatoms. The maximum absolute atomic E-state index is 12.2. The molecular weight excluding hydrogens is 288 g/mol. The van der Waals surface area contributed by atoms with E-state index in [4.69, 9.17) is 0 Å². The monoisotopic (exact) mass is 306 g/mol. The van der Waals surface area contributed by atoms with Crippen LogP contribution in [0.2, 0.25) is 0 Å². The fourth-order valence-electron chi connectivity index (χ4n) is 2.51. The van der Waals surface area contributed by atoms with Gasteiger partial charge in [0.05, 0.1) is 12.6 Å². The standard InChI is InChI=1S/C19H18N2O2/c22-13-18(15-7-2-1-3-8-15)21-19(23)20-17-11-10-14-6-4-5-9-16(14)12-17/h1-12,18,22H,13H2,(H2,20,21,23). The highest BCUT2D eigenvalue weighted by Gasteiger charge is 2.13. The van der Waals surface area contributed by atoms with Gasteiger partial charge in [0.2, 0.25) is 0 Å². The number of hydrogen-bond donors (Lipinski definition) is 3. The van der Waals surface area contributed by atoms with Crippen molar-refractivity contribution in [2.24, 2.45) is 0 Å². The van der Waals surface area contributed by atoms with Gasteiger partial charge < -0.3 is 15.7 Å². The zero-order chi connectivity index (χ0) is 16.1. The van der Waals surface area contributed by atoms with Crippen molar-refractivity contribution in [1.29, 1.82) is 0 Å². The Morgan fingerprint density at radius 3 is 2.35 bits per heavy atom. The first-order valence-corrected chi connectivity index (χ1v) is 7.48. The number of urea groups is 1. The number of aliphatic hydroxyl groups excluding tert-OH is 1. The van der Waals surface area contributed by atoms with Gasteiger partial charge in [0.1, 0.15) is 0 Å². The first-order valence-electron chi connectivity index (χ1n) is 7.48. The van der Waals surface area contributed by atoms with E-state index in [-0.39, 0.29) is 12.6 Å². The molecule has 1 atom stereocenters. The van der Waals surface area contributed by atoms with Crippen molar-refractivity contribution in [3.8, 4) is 0 Å². The number of fused-ring (bicyclic) bond motifs is 1. The number of anilines is 1. The predicted octanol–water partition coefficient (Wildman–Crippen LogP) is 3.69. The lowest BCUT2D eigenvalue weighted by Crippen LogP contribution is -2.34. The Morgan fingerprint density at radius 1 is 0.913 bits per heavy atom. The molecule has 0 saturated heterocycles. The molecule has 0 aliphatic rings. The Morgan fingerprint density at radius 2 is 1.61 bits per heavy atom. The fraction of sp³-hybridized carbons (Fsp3) is 0.105. The summed E-state index contributed by atoms with van der Waals surface area (Å²) in [5, 5.41) is 17.3. The zero-order valence-corrected chi connectivity index (χ0v) is 12.6. The van der Waals surface area contributed by atoms with E-state index in [2.05, 4.69) is 10.6 Å². The molecule has 0 saturated carbocycles. The minimum Gasteiger partial charge on any atom is -0.394 e.